The second kappa shape index (κ2) is 6.78. The molecule has 2 atom stereocenters. The molecule has 0 saturated carbocycles. The van der Waals surface area contributed by atoms with Crippen molar-refractivity contribution in [3.63, 3.8) is 0 Å². The number of hydrogen-bond donors (Lipinski definition) is 0. The molecule has 0 saturated heterocycles. The van der Waals surface area contributed by atoms with Crippen LogP contribution in [0.2, 0.25) is 0 Å². The molecule has 154 valence electrons. The van der Waals surface area contributed by atoms with Gasteiger partial charge in [0.15, 0.2) is 0 Å². The predicted octanol–water partition coefficient (Wildman–Crippen LogP) is 3.95. The summed E-state index contributed by atoms with van der Waals surface area (Å²) in [5.41, 5.74) is 11.1. The molecule has 30 heavy (non-hydrogen) atoms. The highest BCUT2D eigenvalue weighted by molar-refractivity contribution is 6.34. The van der Waals surface area contributed by atoms with E-state index < -0.39 is 5.97 Å². The molecule has 1 aromatic rings. The van der Waals surface area contributed by atoms with Crippen molar-refractivity contribution in [1.29, 1.82) is 0 Å². The Balaban J connectivity index is 1.58. The number of benzene rings is 1. The molecule has 0 radical (unpaired) electrons. The lowest BCUT2D eigenvalue weighted by molar-refractivity contribution is -0.880. The van der Waals surface area contributed by atoms with Gasteiger partial charge >= 0.3 is 0 Å². The Morgan fingerprint density at radius 2 is 1.73 bits per heavy atom. The standard InChI is InChI=1S/C26H28N2O2/c29-26(30)22-15-24-19(13-14-27-22)21-11-6-10-20-18-9-4-5-12-23(18)28(24,25(20)21)16-17-7-2-1-3-8-17/h1-3,7-8,24H,4-6,9-16H2. The number of hydrogen-bond acceptors (Lipinski definition) is 3. The Labute approximate surface area is 177 Å². The highest BCUT2D eigenvalue weighted by atomic mass is 16.4. The van der Waals surface area contributed by atoms with Crippen molar-refractivity contribution in [2.24, 2.45) is 4.99 Å². The van der Waals surface area contributed by atoms with Crippen molar-refractivity contribution in [3.05, 3.63) is 69.6 Å². The van der Waals surface area contributed by atoms with Gasteiger partial charge in [0, 0.05) is 41.7 Å². The van der Waals surface area contributed by atoms with E-state index in [2.05, 4.69) is 35.3 Å². The Hall–Kier alpha value is -2.46. The van der Waals surface area contributed by atoms with Crippen molar-refractivity contribution in [1.82, 2.24) is 0 Å². The third-order valence-electron chi connectivity index (χ3n) is 8.01. The maximum Gasteiger partial charge on any atom is 0.145 e. The number of carboxylic acids is 1. The number of rotatable bonds is 3. The number of nitrogens with zero attached hydrogens (tertiary/aromatic N) is 2. The summed E-state index contributed by atoms with van der Waals surface area (Å²) in [5.74, 6) is -1.08. The van der Waals surface area contributed by atoms with Crippen molar-refractivity contribution in [2.75, 3.05) is 6.54 Å². The van der Waals surface area contributed by atoms with Gasteiger partial charge in [-0.3, -0.25) is 9.48 Å². The Bertz CT molecular complexity index is 1060. The molecular weight excluding hydrogens is 372 g/mol. The number of quaternary nitrogens is 1. The van der Waals surface area contributed by atoms with Crippen molar-refractivity contribution < 1.29 is 14.4 Å². The van der Waals surface area contributed by atoms with Crippen molar-refractivity contribution in [2.45, 2.75) is 70.4 Å². The summed E-state index contributed by atoms with van der Waals surface area (Å²) in [6.45, 7) is 1.51. The van der Waals surface area contributed by atoms with Gasteiger partial charge in [0.25, 0.3) is 0 Å². The molecule has 0 amide bonds. The molecular formula is C26H28N2O2. The van der Waals surface area contributed by atoms with Gasteiger partial charge in [-0.1, -0.05) is 30.3 Å². The van der Waals surface area contributed by atoms with E-state index in [4.69, 9.17) is 0 Å². The number of carbonyl (C=O) groups is 1. The predicted molar refractivity (Wildman–Crippen MR) is 114 cm³/mol. The van der Waals surface area contributed by atoms with E-state index in [1.54, 1.807) is 28.1 Å². The van der Waals surface area contributed by atoms with Gasteiger partial charge in [-0.15, -0.1) is 0 Å². The molecule has 2 unspecified atom stereocenters. The highest BCUT2D eigenvalue weighted by Crippen LogP contribution is 2.61. The lowest BCUT2D eigenvalue weighted by atomic mass is 9.83. The zero-order valence-corrected chi connectivity index (χ0v) is 17.5. The zero-order valence-electron chi connectivity index (χ0n) is 17.5. The summed E-state index contributed by atoms with van der Waals surface area (Å²) in [6.07, 6.45) is 9.81. The second-order valence-electron chi connectivity index (χ2n) is 9.42. The van der Waals surface area contributed by atoms with Crippen LogP contribution >= 0.6 is 0 Å². The van der Waals surface area contributed by atoms with Gasteiger partial charge in [0.2, 0.25) is 0 Å². The summed E-state index contributed by atoms with van der Waals surface area (Å²) in [4.78, 5) is 16.3. The third-order valence-corrected chi connectivity index (χ3v) is 8.01. The molecule has 2 aliphatic carbocycles. The van der Waals surface area contributed by atoms with Crippen LogP contribution in [0.1, 0.15) is 63.4 Å². The molecule has 1 aromatic carbocycles. The fourth-order valence-corrected chi connectivity index (χ4v) is 7.01. The second-order valence-corrected chi connectivity index (χ2v) is 9.42. The molecule has 3 heterocycles. The summed E-state index contributed by atoms with van der Waals surface area (Å²) in [7, 11) is 0. The Morgan fingerprint density at radius 3 is 2.57 bits per heavy atom. The Morgan fingerprint density at radius 1 is 0.967 bits per heavy atom. The molecule has 0 fully saturated rings. The molecule has 4 heteroatoms. The first-order valence-electron chi connectivity index (χ1n) is 11.6. The van der Waals surface area contributed by atoms with Crippen molar-refractivity contribution in [3.8, 4) is 0 Å². The fourth-order valence-electron chi connectivity index (χ4n) is 7.01. The first kappa shape index (κ1) is 18.3. The SMILES string of the molecule is O=C([O-])C1=NCCC2=C3CCCC4=C3[N+](Cc3ccccc3)(C3=C4CCCC3)C2C1. The van der Waals surface area contributed by atoms with Gasteiger partial charge < -0.3 is 9.90 Å². The minimum absolute atomic E-state index is 0.174. The van der Waals surface area contributed by atoms with E-state index in [0.717, 1.165) is 30.3 Å². The molecule has 0 N–H and O–H groups in total. The number of aliphatic carboxylic acids is 1. The quantitative estimate of drug-likeness (QED) is 0.722. The lowest BCUT2D eigenvalue weighted by Crippen LogP contribution is -2.51. The van der Waals surface area contributed by atoms with Crippen LogP contribution in [0.15, 0.2) is 69.0 Å². The first-order chi connectivity index (χ1) is 14.7. The molecule has 0 spiro atoms. The summed E-state index contributed by atoms with van der Waals surface area (Å²) < 4.78 is 0.867. The lowest BCUT2D eigenvalue weighted by Gasteiger charge is -2.42. The van der Waals surface area contributed by atoms with Crippen LogP contribution in [0.5, 0.6) is 0 Å². The highest BCUT2D eigenvalue weighted by Gasteiger charge is 2.60. The molecule has 4 nitrogen and oxygen atoms in total. The number of carbonyl (C=O) groups excluding carboxylic acids is 1. The van der Waals surface area contributed by atoms with Crippen LogP contribution in [0.4, 0.5) is 0 Å². The molecule has 3 aliphatic heterocycles. The number of aliphatic imine (C=N–C) groups is 1. The topological polar surface area (TPSA) is 52.5 Å². The van der Waals surface area contributed by atoms with Gasteiger partial charge in [0.1, 0.15) is 24.0 Å². The van der Waals surface area contributed by atoms with Crippen LogP contribution in [-0.4, -0.2) is 28.8 Å². The largest absolute Gasteiger partial charge is 0.543 e. The average Bonchev–Trinajstić information content (AvgIpc) is 3.07. The monoisotopic (exact) mass is 400 g/mol. The molecule has 0 bridgehead atoms. The smallest absolute Gasteiger partial charge is 0.145 e. The van der Waals surface area contributed by atoms with E-state index in [0.29, 0.717) is 13.0 Å². The van der Waals surface area contributed by atoms with Gasteiger partial charge in [0.05, 0.1) is 11.7 Å². The van der Waals surface area contributed by atoms with E-state index in [1.165, 1.54) is 43.2 Å². The van der Waals surface area contributed by atoms with Crippen LogP contribution in [-0.2, 0) is 11.3 Å². The summed E-state index contributed by atoms with van der Waals surface area (Å²) >= 11 is 0. The van der Waals surface area contributed by atoms with Gasteiger partial charge in [-0.25, -0.2) is 0 Å². The number of fused-ring (bicyclic) bond motifs is 4. The van der Waals surface area contributed by atoms with E-state index >= 15 is 0 Å². The van der Waals surface area contributed by atoms with Crippen molar-refractivity contribution >= 4 is 11.7 Å². The summed E-state index contributed by atoms with van der Waals surface area (Å²) in [5, 5.41) is 11.9. The Kier molecular flexibility index (Phi) is 4.14. The van der Waals surface area contributed by atoms with Gasteiger partial charge in [-0.2, -0.15) is 0 Å². The number of allylic oxidation sites excluding steroid dienone is 4. The van der Waals surface area contributed by atoms with E-state index in [1.807, 2.05) is 0 Å². The molecule has 5 aliphatic rings. The fraction of sp³-hybridized carbons (Fsp3) is 0.462. The number of carboxylic acid groups (broad SMARTS) is 1. The van der Waals surface area contributed by atoms with Crippen LogP contribution in [0.3, 0.4) is 0 Å². The first-order valence-corrected chi connectivity index (χ1v) is 11.6. The maximum atomic E-state index is 11.9. The minimum Gasteiger partial charge on any atom is -0.543 e. The molecule has 6 rings (SSSR count). The maximum absolute atomic E-state index is 11.9. The van der Waals surface area contributed by atoms with Crippen LogP contribution < -0.4 is 5.11 Å². The van der Waals surface area contributed by atoms with E-state index in [-0.39, 0.29) is 11.8 Å². The molecule has 0 aromatic heterocycles. The zero-order chi connectivity index (χ0) is 20.3. The third kappa shape index (κ3) is 2.43. The van der Waals surface area contributed by atoms with E-state index in [9.17, 15) is 9.90 Å². The van der Waals surface area contributed by atoms with Crippen LogP contribution in [0, 0.1) is 0 Å². The summed E-state index contributed by atoms with van der Waals surface area (Å²) in [6, 6.07) is 11.0. The minimum atomic E-state index is -1.08. The normalized spacial score (nSPS) is 30.0. The van der Waals surface area contributed by atoms with Gasteiger partial charge in [-0.05, 0) is 50.5 Å². The van der Waals surface area contributed by atoms with Crippen LogP contribution in [0.25, 0.3) is 0 Å². The average molecular weight is 401 g/mol.